The summed E-state index contributed by atoms with van der Waals surface area (Å²) < 4.78 is 67.2. The van der Waals surface area contributed by atoms with Crippen LogP contribution in [0, 0.1) is 31.3 Å². The molecule has 1 N–H and O–H groups in total. The lowest BCUT2D eigenvalue weighted by atomic mass is 10.2. The van der Waals surface area contributed by atoms with Crippen molar-refractivity contribution in [2.24, 2.45) is 0 Å². The maximum Gasteiger partial charge on any atom is 0.243 e. The third-order valence-corrected chi connectivity index (χ3v) is 7.01. The van der Waals surface area contributed by atoms with Gasteiger partial charge in [-0.25, -0.2) is 21.6 Å². The molecule has 0 spiro atoms. The first-order chi connectivity index (χ1) is 14.1. The Morgan fingerprint density at radius 2 is 1.67 bits per heavy atom. The van der Waals surface area contributed by atoms with Crippen molar-refractivity contribution in [1.82, 2.24) is 9.21 Å². The number of carbonyl (C=O) groups is 1. The molecule has 1 saturated heterocycles. The lowest BCUT2D eigenvalue weighted by Crippen LogP contribution is -2.50. The van der Waals surface area contributed by atoms with E-state index in [1.165, 1.54) is 4.31 Å². The number of sulfonamides is 1. The number of piperazine rings is 1. The van der Waals surface area contributed by atoms with Gasteiger partial charge in [0, 0.05) is 26.2 Å². The van der Waals surface area contributed by atoms with Crippen LogP contribution in [0.15, 0.2) is 35.2 Å². The van der Waals surface area contributed by atoms with Crippen LogP contribution in [0.2, 0.25) is 0 Å². The summed E-state index contributed by atoms with van der Waals surface area (Å²) >= 11 is 0. The zero-order valence-electron chi connectivity index (χ0n) is 16.6. The molecule has 1 aliphatic rings. The number of nitrogens with one attached hydrogen (secondary N) is 1. The lowest BCUT2D eigenvalue weighted by molar-refractivity contribution is -0.117. The first kappa shape index (κ1) is 22.3. The van der Waals surface area contributed by atoms with Crippen LogP contribution in [-0.4, -0.2) is 56.3 Å². The van der Waals surface area contributed by atoms with E-state index in [4.69, 9.17) is 0 Å². The highest BCUT2D eigenvalue weighted by Gasteiger charge is 2.30. The Labute approximate surface area is 173 Å². The Kier molecular flexibility index (Phi) is 6.49. The van der Waals surface area contributed by atoms with Gasteiger partial charge in [-0.3, -0.25) is 9.69 Å². The number of carbonyl (C=O) groups excluding carboxylic acids is 1. The predicted octanol–water partition coefficient (Wildman–Crippen LogP) is 2.67. The molecule has 1 amide bonds. The highest BCUT2D eigenvalue weighted by molar-refractivity contribution is 7.89. The van der Waals surface area contributed by atoms with Crippen molar-refractivity contribution in [3.63, 3.8) is 0 Å². The number of hydrogen-bond acceptors (Lipinski definition) is 4. The van der Waals surface area contributed by atoms with Crippen molar-refractivity contribution < 1.29 is 26.4 Å². The Morgan fingerprint density at radius 3 is 2.33 bits per heavy atom. The molecule has 0 aromatic heterocycles. The minimum Gasteiger partial charge on any atom is -0.322 e. The summed E-state index contributed by atoms with van der Waals surface area (Å²) in [6.45, 7) is 4.44. The Bertz CT molecular complexity index is 1070. The number of nitrogens with zero attached hydrogens (tertiary/aromatic N) is 2. The van der Waals surface area contributed by atoms with E-state index in [1.54, 1.807) is 24.0 Å². The van der Waals surface area contributed by atoms with E-state index in [2.05, 4.69) is 5.32 Å². The first-order valence-electron chi connectivity index (χ1n) is 9.32. The summed E-state index contributed by atoms with van der Waals surface area (Å²) in [6, 6.07) is 6.92. The monoisotopic (exact) mass is 441 g/mol. The van der Waals surface area contributed by atoms with Gasteiger partial charge in [-0.05, 0) is 43.2 Å². The predicted molar refractivity (Wildman–Crippen MR) is 106 cm³/mol. The second-order valence-electron chi connectivity index (χ2n) is 7.22. The van der Waals surface area contributed by atoms with Crippen molar-refractivity contribution in [2.75, 3.05) is 38.0 Å². The largest absolute Gasteiger partial charge is 0.322 e. The average molecular weight is 441 g/mol. The van der Waals surface area contributed by atoms with Gasteiger partial charge in [-0.15, -0.1) is 0 Å². The second-order valence-corrected chi connectivity index (χ2v) is 9.13. The molecule has 162 valence electrons. The second kappa shape index (κ2) is 8.75. The van der Waals surface area contributed by atoms with Gasteiger partial charge in [0.1, 0.15) is 0 Å². The Balaban J connectivity index is 1.60. The Morgan fingerprint density at radius 1 is 1.00 bits per heavy atom. The molecule has 1 fully saturated rings. The molecule has 0 bridgehead atoms. The van der Waals surface area contributed by atoms with Crippen molar-refractivity contribution in [3.8, 4) is 0 Å². The lowest BCUT2D eigenvalue weighted by Gasteiger charge is -2.33. The molecule has 2 aromatic rings. The summed E-state index contributed by atoms with van der Waals surface area (Å²) in [5, 5.41) is 2.21. The smallest absolute Gasteiger partial charge is 0.243 e. The molecule has 0 radical (unpaired) electrons. The summed E-state index contributed by atoms with van der Waals surface area (Å²) in [5.41, 5.74) is 1.06. The van der Waals surface area contributed by atoms with Gasteiger partial charge >= 0.3 is 0 Å². The van der Waals surface area contributed by atoms with E-state index >= 15 is 0 Å². The minimum absolute atomic E-state index is 0.129. The van der Waals surface area contributed by atoms with E-state index in [0.29, 0.717) is 18.7 Å². The molecule has 0 aliphatic carbocycles. The number of amides is 1. The molecule has 10 heteroatoms. The fourth-order valence-electron chi connectivity index (χ4n) is 3.27. The molecule has 6 nitrogen and oxygen atoms in total. The molecule has 3 rings (SSSR count). The van der Waals surface area contributed by atoms with Crippen LogP contribution >= 0.6 is 0 Å². The van der Waals surface area contributed by atoms with Crippen molar-refractivity contribution in [3.05, 3.63) is 58.9 Å². The van der Waals surface area contributed by atoms with Gasteiger partial charge in [0.2, 0.25) is 15.9 Å². The molecule has 0 atom stereocenters. The van der Waals surface area contributed by atoms with Gasteiger partial charge in [0.25, 0.3) is 0 Å². The van der Waals surface area contributed by atoms with E-state index in [9.17, 15) is 26.4 Å². The third kappa shape index (κ3) is 4.66. The molecule has 1 aliphatic heterocycles. The standard InChI is InChI=1S/C20H22F3N3O3S/c1-13-3-4-14(2)17(11-13)30(28,29)26-9-7-25(8-10-26)12-18(27)24-16-6-5-15(21)19(22)20(16)23/h3-6,11H,7-10,12H2,1-2H3,(H,24,27). The first-order valence-corrected chi connectivity index (χ1v) is 10.8. The van der Waals surface area contributed by atoms with Crippen molar-refractivity contribution in [1.29, 1.82) is 0 Å². The Hall–Kier alpha value is -2.43. The van der Waals surface area contributed by atoms with Crippen LogP contribution in [0.1, 0.15) is 11.1 Å². The van der Waals surface area contributed by atoms with Gasteiger partial charge in [-0.2, -0.15) is 4.31 Å². The summed E-state index contributed by atoms with van der Waals surface area (Å²) in [5.74, 6) is -5.07. The highest BCUT2D eigenvalue weighted by Crippen LogP contribution is 2.23. The van der Waals surface area contributed by atoms with Crippen LogP contribution < -0.4 is 5.32 Å². The maximum atomic E-state index is 13.7. The van der Waals surface area contributed by atoms with E-state index in [0.717, 1.165) is 17.7 Å². The van der Waals surface area contributed by atoms with Crippen LogP contribution in [-0.2, 0) is 14.8 Å². The van der Waals surface area contributed by atoms with Gasteiger partial charge in [0.15, 0.2) is 17.5 Å². The summed E-state index contributed by atoms with van der Waals surface area (Å²) in [6.07, 6.45) is 0. The van der Waals surface area contributed by atoms with Gasteiger partial charge < -0.3 is 5.32 Å². The number of rotatable bonds is 5. The number of anilines is 1. The van der Waals surface area contributed by atoms with Crippen molar-refractivity contribution >= 4 is 21.6 Å². The molecule has 0 saturated carbocycles. The SMILES string of the molecule is Cc1ccc(C)c(S(=O)(=O)N2CCN(CC(=O)Nc3ccc(F)c(F)c3F)CC2)c1. The zero-order chi connectivity index (χ0) is 22.1. The number of benzene rings is 2. The van der Waals surface area contributed by atoms with E-state index in [-0.39, 0.29) is 24.5 Å². The molecule has 2 aromatic carbocycles. The number of aryl methyl sites for hydroxylation is 2. The van der Waals surface area contributed by atoms with Crippen molar-refractivity contribution in [2.45, 2.75) is 18.7 Å². The van der Waals surface area contributed by atoms with E-state index < -0.39 is 39.1 Å². The number of hydrogen-bond donors (Lipinski definition) is 1. The van der Waals surface area contributed by atoms with Gasteiger partial charge in [-0.1, -0.05) is 12.1 Å². The maximum absolute atomic E-state index is 13.7. The molecular formula is C20H22F3N3O3S. The van der Waals surface area contributed by atoms with Crippen LogP contribution in [0.4, 0.5) is 18.9 Å². The van der Waals surface area contributed by atoms with Crippen LogP contribution in [0.3, 0.4) is 0 Å². The average Bonchev–Trinajstić information content (AvgIpc) is 2.70. The quantitative estimate of drug-likeness (QED) is 0.725. The molecule has 0 unspecified atom stereocenters. The normalized spacial score (nSPS) is 15.9. The summed E-state index contributed by atoms with van der Waals surface area (Å²) in [4.78, 5) is 14.1. The van der Waals surface area contributed by atoms with Crippen LogP contribution in [0.25, 0.3) is 0 Å². The number of halogens is 3. The molecule has 1 heterocycles. The molecular weight excluding hydrogens is 419 g/mol. The fourth-order valence-corrected chi connectivity index (χ4v) is 5.00. The van der Waals surface area contributed by atoms with E-state index in [1.807, 2.05) is 13.0 Å². The minimum atomic E-state index is -3.65. The fraction of sp³-hybridized carbons (Fsp3) is 0.350. The third-order valence-electron chi connectivity index (χ3n) is 4.97. The zero-order valence-corrected chi connectivity index (χ0v) is 17.4. The van der Waals surface area contributed by atoms with Crippen LogP contribution in [0.5, 0.6) is 0 Å². The topological polar surface area (TPSA) is 69.7 Å². The van der Waals surface area contributed by atoms with Gasteiger partial charge in [0.05, 0.1) is 17.1 Å². The summed E-state index contributed by atoms with van der Waals surface area (Å²) in [7, 11) is -3.65. The molecule has 30 heavy (non-hydrogen) atoms. The highest BCUT2D eigenvalue weighted by atomic mass is 32.2.